The zero-order valence-electron chi connectivity index (χ0n) is 18.1. The van der Waals surface area contributed by atoms with E-state index in [9.17, 15) is 8.42 Å². The lowest BCUT2D eigenvalue weighted by Crippen LogP contribution is -2.17. The third kappa shape index (κ3) is 4.50. The Morgan fingerprint density at radius 1 is 0.875 bits per heavy atom. The van der Waals surface area contributed by atoms with Crippen LogP contribution >= 0.6 is 0 Å². The molecule has 4 aromatic rings. The van der Waals surface area contributed by atoms with Crippen LogP contribution < -0.4 is 14.8 Å². The Morgan fingerprint density at radius 3 is 2.22 bits per heavy atom. The largest absolute Gasteiger partial charge is 0.496 e. The maximum absolute atomic E-state index is 13.2. The van der Waals surface area contributed by atoms with Gasteiger partial charge < -0.3 is 10.1 Å². The van der Waals surface area contributed by atoms with Crippen molar-refractivity contribution in [3.63, 3.8) is 0 Å². The molecule has 0 saturated carbocycles. The zero-order valence-corrected chi connectivity index (χ0v) is 18.9. The summed E-state index contributed by atoms with van der Waals surface area (Å²) in [7, 11) is -2.26. The molecule has 7 nitrogen and oxygen atoms in total. The molecule has 0 unspecified atom stereocenters. The molecule has 8 heteroatoms. The number of sulfonamides is 1. The summed E-state index contributed by atoms with van der Waals surface area (Å²) in [6, 6.07) is 20.1. The smallest absolute Gasteiger partial charge is 0.263 e. The summed E-state index contributed by atoms with van der Waals surface area (Å²) in [6.07, 6.45) is 0. The van der Waals surface area contributed by atoms with Gasteiger partial charge in [0.25, 0.3) is 10.0 Å². The van der Waals surface area contributed by atoms with Crippen LogP contribution in [0.25, 0.3) is 11.0 Å². The van der Waals surface area contributed by atoms with Gasteiger partial charge in [-0.25, -0.2) is 18.4 Å². The Bertz CT molecular complexity index is 1390. The molecule has 164 valence electrons. The van der Waals surface area contributed by atoms with Gasteiger partial charge in [0.05, 0.1) is 23.0 Å². The maximum Gasteiger partial charge on any atom is 0.263 e. The number of benzene rings is 3. The number of para-hydroxylation sites is 3. The van der Waals surface area contributed by atoms with Crippen LogP contribution in [0.4, 0.5) is 11.6 Å². The predicted octanol–water partition coefficient (Wildman–Crippen LogP) is 4.67. The summed E-state index contributed by atoms with van der Waals surface area (Å²) < 4.78 is 34.4. The summed E-state index contributed by atoms with van der Waals surface area (Å²) >= 11 is 0. The maximum atomic E-state index is 13.2. The van der Waals surface area contributed by atoms with Gasteiger partial charge in [-0.05, 0) is 43.7 Å². The molecule has 1 heterocycles. The van der Waals surface area contributed by atoms with Crippen LogP contribution in [0.1, 0.15) is 16.7 Å². The van der Waals surface area contributed by atoms with Crippen LogP contribution in [0.3, 0.4) is 0 Å². The SMILES string of the molecule is COc1ccccc1CNc1nc2ccccc2nc1NS(=O)(=O)c1ccc(C)cc1C. The lowest BCUT2D eigenvalue weighted by Gasteiger charge is -2.15. The van der Waals surface area contributed by atoms with Crippen molar-refractivity contribution in [2.75, 3.05) is 17.1 Å². The summed E-state index contributed by atoms with van der Waals surface area (Å²) in [5.74, 6) is 1.20. The molecule has 0 aliphatic rings. The first-order valence-electron chi connectivity index (χ1n) is 10.1. The topological polar surface area (TPSA) is 93.2 Å². The average Bonchev–Trinajstić information content (AvgIpc) is 2.77. The molecule has 0 fully saturated rings. The first-order chi connectivity index (χ1) is 15.4. The predicted molar refractivity (Wildman–Crippen MR) is 127 cm³/mol. The van der Waals surface area contributed by atoms with Gasteiger partial charge in [-0.15, -0.1) is 0 Å². The van der Waals surface area contributed by atoms with Crippen molar-refractivity contribution in [1.82, 2.24) is 9.97 Å². The van der Waals surface area contributed by atoms with E-state index in [-0.39, 0.29) is 10.7 Å². The van der Waals surface area contributed by atoms with Crippen LogP contribution in [0.15, 0.2) is 71.6 Å². The standard InChI is InChI=1S/C24H24N4O3S/c1-16-12-13-22(17(2)14-16)32(29,30)28-24-23(26-19-9-5-6-10-20(19)27-24)25-15-18-8-4-7-11-21(18)31-3/h4-14H,15H2,1-3H3,(H,25,26)(H,27,28). The second-order valence-corrected chi connectivity index (χ2v) is 9.10. The number of ether oxygens (including phenoxy) is 1. The Kier molecular flexibility index (Phi) is 5.96. The monoisotopic (exact) mass is 448 g/mol. The van der Waals surface area contributed by atoms with Gasteiger partial charge in [0.1, 0.15) is 5.75 Å². The fraction of sp³-hybridized carbons (Fsp3) is 0.167. The van der Waals surface area contributed by atoms with E-state index in [1.807, 2.05) is 55.5 Å². The first kappa shape index (κ1) is 21.6. The van der Waals surface area contributed by atoms with E-state index in [1.165, 1.54) is 0 Å². The molecule has 0 aliphatic heterocycles. The summed E-state index contributed by atoms with van der Waals surface area (Å²) in [5.41, 5.74) is 3.81. The Morgan fingerprint density at radius 2 is 1.53 bits per heavy atom. The number of anilines is 2. The first-order valence-corrected chi connectivity index (χ1v) is 11.6. The molecule has 0 radical (unpaired) electrons. The van der Waals surface area contributed by atoms with E-state index in [0.29, 0.717) is 29.0 Å². The summed E-state index contributed by atoms with van der Waals surface area (Å²) in [6.45, 7) is 4.08. The van der Waals surface area contributed by atoms with Crippen LogP contribution in [0.2, 0.25) is 0 Å². The highest BCUT2D eigenvalue weighted by molar-refractivity contribution is 7.92. The number of nitrogens with one attached hydrogen (secondary N) is 2. The fourth-order valence-corrected chi connectivity index (χ4v) is 4.74. The molecule has 0 amide bonds. The molecule has 0 aliphatic carbocycles. The number of rotatable bonds is 7. The van der Waals surface area contributed by atoms with Crippen LogP contribution in [0, 0.1) is 13.8 Å². The molecular weight excluding hydrogens is 424 g/mol. The van der Waals surface area contributed by atoms with Gasteiger partial charge in [-0.1, -0.05) is 48.0 Å². The van der Waals surface area contributed by atoms with Gasteiger partial charge in [-0.3, -0.25) is 4.72 Å². The minimum absolute atomic E-state index is 0.138. The zero-order chi connectivity index (χ0) is 22.7. The number of aromatic nitrogens is 2. The molecule has 0 atom stereocenters. The molecule has 3 aromatic carbocycles. The van der Waals surface area contributed by atoms with Crippen molar-refractivity contribution in [2.45, 2.75) is 25.3 Å². The minimum Gasteiger partial charge on any atom is -0.496 e. The van der Waals surface area contributed by atoms with E-state index in [0.717, 1.165) is 16.9 Å². The van der Waals surface area contributed by atoms with Crippen LogP contribution in [0.5, 0.6) is 5.75 Å². The Labute approximate surface area is 187 Å². The molecule has 0 bridgehead atoms. The Balaban J connectivity index is 1.72. The van der Waals surface area contributed by atoms with Gasteiger partial charge in [0, 0.05) is 12.1 Å². The highest BCUT2D eigenvalue weighted by Gasteiger charge is 2.21. The molecule has 4 rings (SSSR count). The van der Waals surface area contributed by atoms with Crippen molar-refractivity contribution in [1.29, 1.82) is 0 Å². The number of hydrogen-bond acceptors (Lipinski definition) is 6. The molecule has 0 spiro atoms. The van der Waals surface area contributed by atoms with Gasteiger partial charge in [0.2, 0.25) is 0 Å². The lowest BCUT2D eigenvalue weighted by atomic mass is 10.2. The van der Waals surface area contributed by atoms with Crippen molar-refractivity contribution >= 4 is 32.7 Å². The number of nitrogens with zero attached hydrogens (tertiary/aromatic N) is 2. The average molecular weight is 449 g/mol. The van der Waals surface area contributed by atoms with Crippen molar-refractivity contribution < 1.29 is 13.2 Å². The van der Waals surface area contributed by atoms with Crippen LogP contribution in [-0.4, -0.2) is 25.5 Å². The van der Waals surface area contributed by atoms with E-state index in [2.05, 4.69) is 20.0 Å². The van der Waals surface area contributed by atoms with Crippen molar-refractivity contribution in [3.8, 4) is 5.75 Å². The molecule has 1 aromatic heterocycles. The molecule has 2 N–H and O–H groups in total. The number of fused-ring (bicyclic) bond motifs is 1. The third-order valence-electron chi connectivity index (χ3n) is 5.06. The number of hydrogen-bond donors (Lipinski definition) is 2. The molecular formula is C24H24N4O3S. The normalized spacial score (nSPS) is 11.3. The minimum atomic E-state index is -3.86. The van der Waals surface area contributed by atoms with Gasteiger partial charge >= 0.3 is 0 Å². The van der Waals surface area contributed by atoms with Gasteiger partial charge in [0.15, 0.2) is 11.6 Å². The van der Waals surface area contributed by atoms with E-state index < -0.39 is 10.0 Å². The quantitative estimate of drug-likeness (QED) is 0.427. The van der Waals surface area contributed by atoms with Crippen LogP contribution in [-0.2, 0) is 16.6 Å². The fourth-order valence-electron chi connectivity index (χ4n) is 3.51. The highest BCUT2D eigenvalue weighted by Crippen LogP contribution is 2.27. The van der Waals surface area contributed by atoms with Gasteiger partial charge in [-0.2, -0.15) is 0 Å². The number of methoxy groups -OCH3 is 1. The second kappa shape index (κ2) is 8.84. The number of aryl methyl sites for hydroxylation is 2. The second-order valence-electron chi connectivity index (χ2n) is 7.45. The lowest BCUT2D eigenvalue weighted by molar-refractivity contribution is 0.410. The van der Waals surface area contributed by atoms with E-state index in [1.54, 1.807) is 32.2 Å². The van der Waals surface area contributed by atoms with Crippen molar-refractivity contribution in [3.05, 3.63) is 83.4 Å². The third-order valence-corrected chi connectivity index (χ3v) is 6.56. The summed E-state index contributed by atoms with van der Waals surface area (Å²) in [4.78, 5) is 9.36. The summed E-state index contributed by atoms with van der Waals surface area (Å²) in [5, 5.41) is 3.21. The Hall–Kier alpha value is -3.65. The molecule has 32 heavy (non-hydrogen) atoms. The van der Waals surface area contributed by atoms with E-state index in [4.69, 9.17) is 4.74 Å². The molecule has 0 saturated heterocycles. The van der Waals surface area contributed by atoms with Crippen molar-refractivity contribution in [2.24, 2.45) is 0 Å². The highest BCUT2D eigenvalue weighted by atomic mass is 32.2. The van der Waals surface area contributed by atoms with E-state index >= 15 is 0 Å².